The van der Waals surface area contributed by atoms with E-state index < -0.39 is 5.60 Å². The average molecular weight is 531 g/mol. The summed E-state index contributed by atoms with van der Waals surface area (Å²) in [5.74, 6) is 2.94. The lowest BCUT2D eigenvalue weighted by Gasteiger charge is -2.46. The molecule has 2 saturated heterocycles. The van der Waals surface area contributed by atoms with Gasteiger partial charge in [0.25, 0.3) is 0 Å². The van der Waals surface area contributed by atoms with Gasteiger partial charge >= 0.3 is 0 Å². The number of rotatable bonds is 6. The number of benzene rings is 1. The molecule has 2 fully saturated rings. The van der Waals surface area contributed by atoms with Gasteiger partial charge in [-0.2, -0.15) is 4.98 Å². The fourth-order valence-corrected chi connectivity index (χ4v) is 5.83. The van der Waals surface area contributed by atoms with Gasteiger partial charge in [-0.3, -0.25) is 0 Å². The van der Waals surface area contributed by atoms with Gasteiger partial charge in [0.2, 0.25) is 5.95 Å². The highest BCUT2D eigenvalue weighted by molar-refractivity contribution is 5.71. The summed E-state index contributed by atoms with van der Waals surface area (Å²) in [5, 5.41) is 17.4. The first-order valence-electron chi connectivity index (χ1n) is 13.8. The molecular formula is C30H38N6O3. The van der Waals surface area contributed by atoms with Crippen LogP contribution >= 0.6 is 0 Å². The smallest absolute Gasteiger partial charge is 0.229 e. The van der Waals surface area contributed by atoms with Gasteiger partial charge in [-0.15, -0.1) is 0 Å². The Bertz CT molecular complexity index is 1350. The van der Waals surface area contributed by atoms with Gasteiger partial charge in [-0.1, -0.05) is 13.0 Å². The second-order valence-electron chi connectivity index (χ2n) is 12.3. The number of nitrogens with zero attached hydrogens (tertiary/aromatic N) is 4. The summed E-state index contributed by atoms with van der Waals surface area (Å²) in [7, 11) is 0. The fraction of sp³-hybridized carbons (Fsp3) is 0.500. The average Bonchev–Trinajstić information content (AvgIpc) is 3.48. The summed E-state index contributed by atoms with van der Waals surface area (Å²) in [6, 6.07) is 13.8. The van der Waals surface area contributed by atoms with E-state index in [1.165, 1.54) is 0 Å². The summed E-state index contributed by atoms with van der Waals surface area (Å²) >= 11 is 0. The van der Waals surface area contributed by atoms with Crippen molar-refractivity contribution in [3.8, 4) is 5.75 Å². The van der Waals surface area contributed by atoms with E-state index in [2.05, 4.69) is 36.3 Å². The van der Waals surface area contributed by atoms with Crippen LogP contribution in [0.15, 0.2) is 48.7 Å². The lowest BCUT2D eigenvalue weighted by molar-refractivity contribution is -0.0893. The van der Waals surface area contributed by atoms with Gasteiger partial charge in [0.15, 0.2) is 0 Å². The second kappa shape index (κ2) is 9.43. The van der Waals surface area contributed by atoms with E-state index in [4.69, 9.17) is 24.4 Å². The highest BCUT2D eigenvalue weighted by Gasteiger charge is 2.55. The summed E-state index contributed by atoms with van der Waals surface area (Å²) in [6.45, 7) is 12.4. The van der Waals surface area contributed by atoms with Crippen LogP contribution in [0, 0.1) is 0 Å². The SMILES string of the molecule is CC1(C)C[C@@H]2N(c3cccc(C(C)(C)O)n3)c3nc(Nc4ccc(O[C@H]5CCNC5)cc4)ncc3[C@]2(C)CO1. The molecular weight excluding hydrogens is 492 g/mol. The first-order chi connectivity index (χ1) is 18.5. The van der Waals surface area contributed by atoms with Crippen LogP contribution in [0.2, 0.25) is 0 Å². The summed E-state index contributed by atoms with van der Waals surface area (Å²) in [6.07, 6.45) is 3.96. The van der Waals surface area contributed by atoms with E-state index in [0.717, 1.165) is 54.6 Å². The summed E-state index contributed by atoms with van der Waals surface area (Å²) in [4.78, 5) is 16.8. The first kappa shape index (κ1) is 26.0. The molecule has 3 atom stereocenters. The van der Waals surface area contributed by atoms with Crippen molar-refractivity contribution in [3.05, 3.63) is 59.9 Å². The molecule has 3 aromatic rings. The minimum Gasteiger partial charge on any atom is -0.489 e. The normalized spacial score (nSPS) is 25.7. The van der Waals surface area contributed by atoms with Gasteiger partial charge in [0, 0.05) is 29.4 Å². The molecule has 3 N–H and O–H groups in total. The second-order valence-corrected chi connectivity index (χ2v) is 12.3. The number of nitrogens with one attached hydrogen (secondary N) is 2. The van der Waals surface area contributed by atoms with Crippen molar-refractivity contribution in [2.45, 2.75) is 76.2 Å². The van der Waals surface area contributed by atoms with Crippen LogP contribution in [0.4, 0.5) is 23.3 Å². The molecule has 3 aliphatic heterocycles. The van der Waals surface area contributed by atoms with Crippen molar-refractivity contribution in [2.75, 3.05) is 29.9 Å². The molecule has 1 aromatic carbocycles. The number of aromatic nitrogens is 3. The van der Waals surface area contributed by atoms with Crippen LogP contribution in [0.5, 0.6) is 5.75 Å². The van der Waals surface area contributed by atoms with E-state index in [1.54, 1.807) is 13.8 Å². The molecule has 0 saturated carbocycles. The number of hydrogen-bond donors (Lipinski definition) is 3. The highest BCUT2D eigenvalue weighted by atomic mass is 16.5. The van der Waals surface area contributed by atoms with Gasteiger partial charge < -0.3 is 30.1 Å². The number of pyridine rings is 1. The van der Waals surface area contributed by atoms with E-state index in [1.807, 2.05) is 48.7 Å². The van der Waals surface area contributed by atoms with Gasteiger partial charge in [0.1, 0.15) is 29.1 Å². The molecule has 5 heterocycles. The largest absolute Gasteiger partial charge is 0.489 e. The Morgan fingerprint density at radius 2 is 1.92 bits per heavy atom. The molecule has 3 aliphatic rings. The minimum atomic E-state index is -1.06. The molecule has 0 bridgehead atoms. The van der Waals surface area contributed by atoms with E-state index >= 15 is 0 Å². The molecule has 0 radical (unpaired) electrons. The van der Waals surface area contributed by atoms with Crippen molar-refractivity contribution in [3.63, 3.8) is 0 Å². The third kappa shape index (κ3) is 4.95. The van der Waals surface area contributed by atoms with Gasteiger partial charge in [0.05, 0.1) is 23.9 Å². The standard InChI is InChI=1S/C30H38N6O3/c1-28(2)15-24-30(5,18-38-28)22-17-32-27(33-19-9-11-20(12-10-19)39-21-13-14-31-16-21)35-26(22)36(24)25-8-6-7-23(34-25)29(3,4)37/h6-12,17,21,24,31,37H,13-16,18H2,1-5H3,(H,32,33,35)/t21-,24-,30-/m0/s1. The van der Waals surface area contributed by atoms with Crippen LogP contribution < -0.4 is 20.3 Å². The van der Waals surface area contributed by atoms with E-state index in [9.17, 15) is 5.11 Å². The van der Waals surface area contributed by atoms with Crippen LogP contribution in [-0.4, -0.2) is 57.5 Å². The predicted octanol–water partition coefficient (Wildman–Crippen LogP) is 4.56. The van der Waals surface area contributed by atoms with E-state index in [0.29, 0.717) is 18.2 Å². The Hall–Kier alpha value is -3.27. The number of anilines is 4. The quantitative estimate of drug-likeness (QED) is 0.423. The minimum absolute atomic E-state index is 0.0758. The maximum atomic E-state index is 10.7. The highest BCUT2D eigenvalue weighted by Crippen LogP contribution is 2.53. The molecule has 39 heavy (non-hydrogen) atoms. The molecule has 206 valence electrons. The monoisotopic (exact) mass is 530 g/mol. The molecule has 0 spiro atoms. The maximum Gasteiger partial charge on any atom is 0.229 e. The lowest BCUT2D eigenvalue weighted by Crippen LogP contribution is -2.54. The Kier molecular flexibility index (Phi) is 6.28. The zero-order valence-electron chi connectivity index (χ0n) is 23.4. The first-order valence-corrected chi connectivity index (χ1v) is 13.8. The fourth-order valence-electron chi connectivity index (χ4n) is 5.83. The number of aliphatic hydroxyl groups is 1. The van der Waals surface area contributed by atoms with Crippen LogP contribution in [0.1, 0.15) is 58.7 Å². The number of fused-ring (bicyclic) bond motifs is 3. The predicted molar refractivity (Wildman–Crippen MR) is 151 cm³/mol. The van der Waals surface area contributed by atoms with Crippen molar-refractivity contribution < 1.29 is 14.6 Å². The Labute approximate surface area is 230 Å². The van der Waals surface area contributed by atoms with Crippen LogP contribution in [0.3, 0.4) is 0 Å². The third-order valence-electron chi connectivity index (χ3n) is 8.14. The van der Waals surface area contributed by atoms with Crippen LogP contribution in [-0.2, 0) is 15.8 Å². The Morgan fingerprint density at radius 3 is 2.64 bits per heavy atom. The third-order valence-corrected chi connectivity index (χ3v) is 8.14. The summed E-state index contributed by atoms with van der Waals surface area (Å²) < 4.78 is 12.4. The molecule has 0 amide bonds. The van der Waals surface area contributed by atoms with Crippen molar-refractivity contribution >= 4 is 23.3 Å². The van der Waals surface area contributed by atoms with Crippen molar-refractivity contribution in [1.29, 1.82) is 0 Å². The Balaban J connectivity index is 1.33. The van der Waals surface area contributed by atoms with Gasteiger partial charge in [-0.05, 0) is 83.5 Å². The lowest BCUT2D eigenvalue weighted by atomic mass is 9.73. The molecule has 6 rings (SSSR count). The Morgan fingerprint density at radius 1 is 1.13 bits per heavy atom. The van der Waals surface area contributed by atoms with Gasteiger partial charge in [-0.25, -0.2) is 9.97 Å². The number of hydrogen-bond acceptors (Lipinski definition) is 9. The maximum absolute atomic E-state index is 10.7. The summed E-state index contributed by atoms with van der Waals surface area (Å²) in [5.41, 5.74) is 0.892. The molecule has 9 nitrogen and oxygen atoms in total. The zero-order chi connectivity index (χ0) is 27.4. The molecule has 0 aliphatic carbocycles. The zero-order valence-corrected chi connectivity index (χ0v) is 23.4. The molecule has 0 unspecified atom stereocenters. The molecule has 2 aromatic heterocycles. The van der Waals surface area contributed by atoms with Crippen molar-refractivity contribution in [1.82, 2.24) is 20.3 Å². The number of ether oxygens (including phenoxy) is 2. The van der Waals surface area contributed by atoms with Crippen molar-refractivity contribution in [2.24, 2.45) is 0 Å². The topological polar surface area (TPSA) is 105 Å². The van der Waals surface area contributed by atoms with E-state index in [-0.39, 0.29) is 23.2 Å². The van der Waals surface area contributed by atoms with Crippen LogP contribution in [0.25, 0.3) is 0 Å². The molecule has 9 heteroatoms.